The summed E-state index contributed by atoms with van der Waals surface area (Å²) in [5.41, 5.74) is 0.806. The van der Waals surface area contributed by atoms with Crippen LogP contribution in [0.5, 0.6) is 0 Å². The van der Waals surface area contributed by atoms with Gasteiger partial charge >= 0.3 is 12.1 Å². The number of rotatable bonds is 5. The Morgan fingerprint density at radius 3 is 2.83 bits per heavy atom. The van der Waals surface area contributed by atoms with E-state index in [4.69, 9.17) is 9.47 Å². The Morgan fingerprint density at radius 1 is 1.42 bits per heavy atom. The second-order valence-electron chi connectivity index (χ2n) is 6.82. The number of ether oxygens (including phenoxy) is 2. The molecule has 1 aliphatic rings. The Kier molecular flexibility index (Phi) is 6.23. The second kappa shape index (κ2) is 7.98. The summed E-state index contributed by atoms with van der Waals surface area (Å²) in [5.74, 6) is -0.217. The molecule has 0 bridgehead atoms. The van der Waals surface area contributed by atoms with Crippen LogP contribution in [0.4, 0.5) is 4.79 Å². The number of esters is 1. The molecule has 0 radical (unpaired) electrons. The standard InChI is InChI=1S/C17H26N2O4S/c1-17(2,3)23-16(21)18-11-13-15-12(7-10-24-15)5-8-19(13)9-6-14(20)22-4/h7,10,13H,5-6,8-9,11H2,1-4H3,(H,18,21). The molecule has 1 aliphatic heterocycles. The van der Waals surface area contributed by atoms with E-state index in [1.54, 1.807) is 11.3 Å². The summed E-state index contributed by atoms with van der Waals surface area (Å²) in [5, 5.41) is 4.94. The third-order valence-corrected chi connectivity index (χ3v) is 4.92. The average Bonchev–Trinajstić information content (AvgIpc) is 2.97. The van der Waals surface area contributed by atoms with Crippen molar-refractivity contribution in [2.45, 2.75) is 45.3 Å². The van der Waals surface area contributed by atoms with E-state index in [1.807, 2.05) is 20.8 Å². The van der Waals surface area contributed by atoms with Crippen molar-refractivity contribution in [3.8, 4) is 0 Å². The molecule has 1 atom stereocenters. The van der Waals surface area contributed by atoms with E-state index in [9.17, 15) is 9.59 Å². The van der Waals surface area contributed by atoms with Crippen molar-refractivity contribution in [2.75, 3.05) is 26.7 Å². The monoisotopic (exact) mass is 354 g/mol. The molecule has 6 nitrogen and oxygen atoms in total. The molecule has 0 fully saturated rings. The van der Waals surface area contributed by atoms with E-state index in [-0.39, 0.29) is 12.0 Å². The van der Waals surface area contributed by atoms with E-state index >= 15 is 0 Å². The van der Waals surface area contributed by atoms with Gasteiger partial charge in [0.25, 0.3) is 0 Å². The predicted molar refractivity (Wildman–Crippen MR) is 93.2 cm³/mol. The summed E-state index contributed by atoms with van der Waals surface area (Å²) in [6, 6.07) is 2.20. The highest BCUT2D eigenvalue weighted by molar-refractivity contribution is 7.10. The van der Waals surface area contributed by atoms with Gasteiger partial charge in [-0.2, -0.15) is 0 Å². The molecule has 0 aromatic carbocycles. The third-order valence-electron chi connectivity index (χ3n) is 3.86. The molecule has 2 heterocycles. The van der Waals surface area contributed by atoms with Gasteiger partial charge in [0, 0.05) is 24.5 Å². The fraction of sp³-hybridized carbons (Fsp3) is 0.647. The molecule has 7 heteroatoms. The number of alkyl carbamates (subject to hydrolysis) is 1. The number of nitrogens with one attached hydrogen (secondary N) is 1. The van der Waals surface area contributed by atoms with Crippen LogP contribution in [-0.2, 0) is 20.7 Å². The number of fused-ring (bicyclic) bond motifs is 1. The number of nitrogens with zero attached hydrogens (tertiary/aromatic N) is 1. The number of methoxy groups -OCH3 is 1. The van der Waals surface area contributed by atoms with E-state index in [0.717, 1.165) is 13.0 Å². The van der Waals surface area contributed by atoms with Crippen LogP contribution in [0.2, 0.25) is 0 Å². The average molecular weight is 354 g/mol. The molecular formula is C17H26N2O4S. The lowest BCUT2D eigenvalue weighted by Crippen LogP contribution is -2.43. The zero-order valence-corrected chi connectivity index (χ0v) is 15.6. The normalized spacial score (nSPS) is 17.9. The van der Waals surface area contributed by atoms with Crippen molar-refractivity contribution in [3.05, 3.63) is 21.9 Å². The molecule has 1 aromatic heterocycles. The quantitative estimate of drug-likeness (QED) is 0.824. The van der Waals surface area contributed by atoms with Crippen molar-refractivity contribution in [1.29, 1.82) is 0 Å². The van der Waals surface area contributed by atoms with Gasteiger partial charge in [-0.3, -0.25) is 9.69 Å². The number of amides is 1. The Morgan fingerprint density at radius 2 is 2.17 bits per heavy atom. The first-order chi connectivity index (χ1) is 11.3. The third kappa shape index (κ3) is 5.21. The van der Waals surface area contributed by atoms with Crippen LogP contribution in [0, 0.1) is 0 Å². The van der Waals surface area contributed by atoms with Crippen molar-refractivity contribution >= 4 is 23.4 Å². The van der Waals surface area contributed by atoms with Gasteiger partial charge in [-0.15, -0.1) is 11.3 Å². The summed E-state index contributed by atoms with van der Waals surface area (Å²) in [6.45, 7) is 7.46. The second-order valence-corrected chi connectivity index (χ2v) is 7.77. The summed E-state index contributed by atoms with van der Waals surface area (Å²) in [4.78, 5) is 26.9. The Labute approximate surface area is 147 Å². The predicted octanol–water partition coefficient (Wildman–Crippen LogP) is 2.74. The first kappa shape index (κ1) is 18.7. The topological polar surface area (TPSA) is 67.9 Å². The molecule has 0 spiro atoms. The van der Waals surface area contributed by atoms with Crippen LogP contribution >= 0.6 is 11.3 Å². The molecule has 0 saturated carbocycles. The van der Waals surface area contributed by atoms with E-state index in [2.05, 4.69) is 21.7 Å². The maximum Gasteiger partial charge on any atom is 0.407 e. The zero-order valence-electron chi connectivity index (χ0n) is 14.8. The summed E-state index contributed by atoms with van der Waals surface area (Å²) >= 11 is 1.69. The van der Waals surface area contributed by atoms with Gasteiger partial charge in [0.1, 0.15) is 5.60 Å². The minimum Gasteiger partial charge on any atom is -0.469 e. The largest absolute Gasteiger partial charge is 0.469 e. The fourth-order valence-corrected chi connectivity index (χ4v) is 3.84. The molecule has 1 unspecified atom stereocenters. The molecular weight excluding hydrogens is 328 g/mol. The van der Waals surface area contributed by atoms with Crippen molar-refractivity contribution in [3.63, 3.8) is 0 Å². The van der Waals surface area contributed by atoms with Gasteiger partial charge in [0.15, 0.2) is 0 Å². The van der Waals surface area contributed by atoms with Crippen LogP contribution in [0.1, 0.15) is 43.7 Å². The smallest absolute Gasteiger partial charge is 0.407 e. The molecule has 0 saturated heterocycles. The fourth-order valence-electron chi connectivity index (χ4n) is 2.75. The van der Waals surface area contributed by atoms with E-state index < -0.39 is 11.7 Å². The molecule has 1 amide bonds. The van der Waals surface area contributed by atoms with E-state index in [1.165, 1.54) is 17.6 Å². The molecule has 2 rings (SSSR count). The summed E-state index contributed by atoms with van der Waals surface area (Å²) < 4.78 is 10.0. The Bertz CT molecular complexity index is 579. The molecule has 1 aromatic rings. The van der Waals surface area contributed by atoms with Gasteiger partial charge in [0.2, 0.25) is 0 Å². The maximum atomic E-state index is 11.9. The Balaban J connectivity index is 2.01. The van der Waals surface area contributed by atoms with E-state index in [0.29, 0.717) is 19.5 Å². The highest BCUT2D eigenvalue weighted by Gasteiger charge is 2.29. The molecule has 1 N–H and O–H groups in total. The molecule has 24 heavy (non-hydrogen) atoms. The summed E-state index contributed by atoms with van der Waals surface area (Å²) in [7, 11) is 1.40. The lowest BCUT2D eigenvalue weighted by Gasteiger charge is -2.35. The number of carbonyl (C=O) groups excluding carboxylic acids is 2. The summed E-state index contributed by atoms with van der Waals surface area (Å²) in [6.07, 6.45) is 0.891. The van der Waals surface area contributed by atoms with Gasteiger partial charge in [-0.25, -0.2) is 4.79 Å². The van der Waals surface area contributed by atoms with Gasteiger partial charge in [-0.05, 0) is 44.2 Å². The van der Waals surface area contributed by atoms with Gasteiger partial charge in [0.05, 0.1) is 19.6 Å². The SMILES string of the molecule is COC(=O)CCN1CCc2ccsc2C1CNC(=O)OC(C)(C)C. The highest BCUT2D eigenvalue weighted by Crippen LogP contribution is 2.33. The lowest BCUT2D eigenvalue weighted by molar-refractivity contribution is -0.141. The number of thiophene rings is 1. The minimum absolute atomic E-state index is 0.0610. The first-order valence-corrected chi connectivity index (χ1v) is 9.02. The van der Waals surface area contributed by atoms with Crippen molar-refractivity contribution < 1.29 is 19.1 Å². The Hall–Kier alpha value is -1.60. The van der Waals surface area contributed by atoms with Crippen molar-refractivity contribution in [1.82, 2.24) is 10.2 Å². The van der Waals surface area contributed by atoms with Crippen molar-refractivity contribution in [2.24, 2.45) is 0 Å². The minimum atomic E-state index is -0.519. The first-order valence-electron chi connectivity index (χ1n) is 8.14. The number of carbonyl (C=O) groups is 2. The highest BCUT2D eigenvalue weighted by atomic mass is 32.1. The van der Waals surface area contributed by atoms with Crippen LogP contribution in [0.3, 0.4) is 0 Å². The molecule has 0 aliphatic carbocycles. The molecule has 134 valence electrons. The van der Waals surface area contributed by atoms with Crippen LogP contribution in [0.15, 0.2) is 11.4 Å². The van der Waals surface area contributed by atoms with Crippen LogP contribution < -0.4 is 5.32 Å². The van der Waals surface area contributed by atoms with Gasteiger partial charge in [-0.1, -0.05) is 0 Å². The lowest BCUT2D eigenvalue weighted by atomic mass is 10.0. The zero-order chi connectivity index (χ0) is 17.7. The maximum absolute atomic E-state index is 11.9. The number of hydrogen-bond acceptors (Lipinski definition) is 6. The van der Waals surface area contributed by atoms with Gasteiger partial charge < -0.3 is 14.8 Å². The van der Waals surface area contributed by atoms with Crippen LogP contribution in [-0.4, -0.2) is 49.3 Å². The number of hydrogen-bond donors (Lipinski definition) is 1. The van der Waals surface area contributed by atoms with Crippen LogP contribution in [0.25, 0.3) is 0 Å².